The van der Waals surface area contributed by atoms with Gasteiger partial charge in [0.2, 0.25) is 0 Å². The Kier molecular flexibility index (Phi) is 1.37. The molecule has 0 fully saturated rings. The van der Waals surface area contributed by atoms with Crippen molar-refractivity contribution >= 4 is 12.4 Å². The van der Waals surface area contributed by atoms with Crippen LogP contribution in [-0.4, -0.2) is 6.72 Å². The van der Waals surface area contributed by atoms with Crippen LogP contribution in [0.2, 0.25) is 0 Å². The second-order valence-corrected chi connectivity index (χ2v) is 3.47. The number of rotatable bonds is 2. The molecule has 1 aromatic carbocycles. The van der Waals surface area contributed by atoms with Crippen molar-refractivity contribution in [3.8, 4) is 11.1 Å². The third-order valence-corrected chi connectivity index (χ3v) is 2.69. The van der Waals surface area contributed by atoms with Crippen LogP contribution < -0.4 is 0 Å². The molecule has 1 nitrogen and oxygen atoms in total. The lowest BCUT2D eigenvalue weighted by molar-refractivity contribution is 1.37. The normalized spacial score (nSPS) is 11.1. The van der Waals surface area contributed by atoms with E-state index in [4.69, 9.17) is 0 Å². The van der Waals surface area contributed by atoms with Crippen LogP contribution in [-0.2, 0) is 0 Å². The maximum atomic E-state index is 3.87. The van der Waals surface area contributed by atoms with Crippen molar-refractivity contribution < 1.29 is 0 Å². The third-order valence-electron chi connectivity index (χ3n) is 2.69. The van der Waals surface area contributed by atoms with E-state index in [0.717, 1.165) is 5.69 Å². The predicted molar refractivity (Wildman–Crippen MR) is 58.8 cm³/mol. The van der Waals surface area contributed by atoms with Gasteiger partial charge in [-0.3, -0.25) is 4.99 Å². The maximum absolute atomic E-state index is 3.87. The Balaban J connectivity index is 2.08. The summed E-state index contributed by atoms with van der Waals surface area (Å²) in [6.07, 6.45) is 0. The minimum absolute atomic E-state index is 0.923. The Hall–Kier alpha value is -1.89. The zero-order valence-electron chi connectivity index (χ0n) is 7.70. The molecule has 0 radical (unpaired) electrons. The highest BCUT2D eigenvalue weighted by Gasteiger charge is 2.07. The summed E-state index contributed by atoms with van der Waals surface area (Å²) in [6, 6.07) is 14.7. The summed E-state index contributed by atoms with van der Waals surface area (Å²) in [5.41, 5.74) is 3.53. The van der Waals surface area contributed by atoms with Gasteiger partial charge in [-0.15, -0.1) is 0 Å². The van der Waals surface area contributed by atoms with Gasteiger partial charge < -0.3 is 0 Å². The average Bonchev–Trinajstić information content (AvgIpc) is 2.22. The van der Waals surface area contributed by atoms with E-state index >= 15 is 0 Å². The van der Waals surface area contributed by atoms with Crippen LogP contribution in [0, 0.1) is 10.4 Å². The highest BCUT2D eigenvalue weighted by molar-refractivity contribution is 5.70. The van der Waals surface area contributed by atoms with Crippen LogP contribution in [0.4, 0.5) is 5.69 Å². The summed E-state index contributed by atoms with van der Waals surface area (Å²) >= 11 is 0. The van der Waals surface area contributed by atoms with E-state index in [-0.39, 0.29) is 0 Å². The lowest BCUT2D eigenvalue weighted by Gasteiger charge is -2.11. The molecule has 0 bridgehead atoms. The van der Waals surface area contributed by atoms with Gasteiger partial charge in [0.25, 0.3) is 0 Å². The highest BCUT2D eigenvalue weighted by Crippen LogP contribution is 2.29. The molecular formula is C13H9N. The van der Waals surface area contributed by atoms with Gasteiger partial charge in [-0.2, -0.15) is 0 Å². The lowest BCUT2D eigenvalue weighted by Crippen LogP contribution is -1.91. The molecule has 1 aromatic rings. The van der Waals surface area contributed by atoms with E-state index in [2.05, 4.69) is 42.0 Å². The standard InChI is InChI=1S/C13H9N/c1-14-11-5-2-9(3-6-11)13-8-10-4-7-12(10)13/h2-8H,1H2. The van der Waals surface area contributed by atoms with Crippen LogP contribution >= 0.6 is 0 Å². The molecule has 66 valence electrons. The summed E-state index contributed by atoms with van der Waals surface area (Å²) in [6.45, 7) is 3.49. The average molecular weight is 179 g/mol. The second-order valence-electron chi connectivity index (χ2n) is 3.47. The first-order valence-electron chi connectivity index (χ1n) is 4.60. The monoisotopic (exact) mass is 179 g/mol. The van der Waals surface area contributed by atoms with E-state index in [1.807, 2.05) is 12.1 Å². The minimum Gasteiger partial charge on any atom is -0.265 e. The van der Waals surface area contributed by atoms with E-state index in [1.54, 1.807) is 0 Å². The number of benzene rings is 2. The van der Waals surface area contributed by atoms with Crippen molar-refractivity contribution in [3.05, 3.63) is 52.9 Å². The molecule has 1 heteroatoms. The fourth-order valence-corrected chi connectivity index (χ4v) is 1.77. The largest absolute Gasteiger partial charge is 0.265 e. The molecule has 0 unspecified atom stereocenters. The van der Waals surface area contributed by atoms with Gasteiger partial charge in [-0.05, 0) is 46.5 Å². The van der Waals surface area contributed by atoms with Crippen LogP contribution in [0.1, 0.15) is 0 Å². The Morgan fingerprint density at radius 3 is 2.14 bits per heavy atom. The highest BCUT2D eigenvalue weighted by atomic mass is 14.7. The molecule has 3 rings (SSSR count). The summed E-state index contributed by atoms with van der Waals surface area (Å²) in [5, 5.41) is 2.77. The van der Waals surface area contributed by atoms with Crippen LogP contribution in [0.25, 0.3) is 11.1 Å². The molecular weight excluding hydrogens is 170 g/mol. The second kappa shape index (κ2) is 2.55. The molecule has 0 saturated heterocycles. The molecule has 0 aliphatic heterocycles. The molecule has 0 N–H and O–H groups in total. The Labute approximate surface area is 82.1 Å². The first kappa shape index (κ1) is 7.51. The van der Waals surface area contributed by atoms with Gasteiger partial charge >= 0.3 is 0 Å². The molecule has 0 amide bonds. The van der Waals surface area contributed by atoms with E-state index < -0.39 is 0 Å². The topological polar surface area (TPSA) is 12.4 Å². The van der Waals surface area contributed by atoms with E-state index in [9.17, 15) is 0 Å². The molecule has 0 heterocycles. The van der Waals surface area contributed by atoms with Crippen LogP contribution in [0.5, 0.6) is 0 Å². The molecule has 2 aliphatic carbocycles. The van der Waals surface area contributed by atoms with Crippen molar-refractivity contribution in [2.45, 2.75) is 0 Å². The zero-order valence-corrected chi connectivity index (χ0v) is 7.70. The summed E-state index contributed by atoms with van der Waals surface area (Å²) in [4.78, 5) is 3.87. The zero-order chi connectivity index (χ0) is 9.54. The van der Waals surface area contributed by atoms with Gasteiger partial charge in [0.15, 0.2) is 0 Å². The van der Waals surface area contributed by atoms with Crippen molar-refractivity contribution in [1.29, 1.82) is 0 Å². The number of nitrogens with zero attached hydrogens (tertiary/aromatic N) is 1. The first-order chi connectivity index (χ1) is 6.88. The Morgan fingerprint density at radius 2 is 1.71 bits per heavy atom. The number of hydrogen-bond acceptors (Lipinski definition) is 1. The Morgan fingerprint density at radius 1 is 0.929 bits per heavy atom. The van der Waals surface area contributed by atoms with Gasteiger partial charge in [0.05, 0.1) is 5.69 Å². The van der Waals surface area contributed by atoms with Gasteiger partial charge in [0.1, 0.15) is 0 Å². The van der Waals surface area contributed by atoms with Crippen molar-refractivity contribution in [1.82, 2.24) is 0 Å². The SMILES string of the molecule is C=Nc1ccc(-c2cc3ccc2=3)cc1. The predicted octanol–water partition coefficient (Wildman–Crippen LogP) is 3.29. The first-order valence-corrected chi connectivity index (χ1v) is 4.60. The molecule has 0 spiro atoms. The van der Waals surface area contributed by atoms with Gasteiger partial charge in [0, 0.05) is 0 Å². The van der Waals surface area contributed by atoms with Gasteiger partial charge in [-0.1, -0.05) is 24.3 Å². The van der Waals surface area contributed by atoms with Crippen LogP contribution in [0.3, 0.4) is 0 Å². The van der Waals surface area contributed by atoms with E-state index in [0.29, 0.717) is 0 Å². The lowest BCUT2D eigenvalue weighted by atomic mass is 9.93. The quantitative estimate of drug-likeness (QED) is 0.535. The Bertz CT molecular complexity index is 594. The third kappa shape index (κ3) is 0.867. The minimum atomic E-state index is 0.923. The molecule has 14 heavy (non-hydrogen) atoms. The van der Waals surface area contributed by atoms with Crippen molar-refractivity contribution in [2.75, 3.05) is 0 Å². The summed E-state index contributed by atoms with van der Waals surface area (Å²) < 4.78 is 0. The fraction of sp³-hybridized carbons (Fsp3) is 0. The molecule has 0 atom stereocenters. The summed E-state index contributed by atoms with van der Waals surface area (Å²) in [5.74, 6) is 0. The van der Waals surface area contributed by atoms with E-state index in [1.165, 1.54) is 21.6 Å². The molecule has 0 saturated carbocycles. The van der Waals surface area contributed by atoms with Crippen molar-refractivity contribution in [3.63, 3.8) is 0 Å². The smallest absolute Gasteiger partial charge is 0.0622 e. The molecule has 2 aliphatic rings. The summed E-state index contributed by atoms with van der Waals surface area (Å²) in [7, 11) is 0. The fourth-order valence-electron chi connectivity index (χ4n) is 1.77. The van der Waals surface area contributed by atoms with Gasteiger partial charge in [-0.25, -0.2) is 0 Å². The number of aliphatic imine (C=N–C) groups is 1. The van der Waals surface area contributed by atoms with Crippen LogP contribution in [0.15, 0.2) is 47.5 Å². The molecule has 0 aromatic heterocycles. The maximum Gasteiger partial charge on any atom is 0.0622 e. The van der Waals surface area contributed by atoms with Crippen molar-refractivity contribution in [2.24, 2.45) is 4.99 Å². The number of hydrogen-bond donors (Lipinski definition) is 0.